The van der Waals surface area contributed by atoms with Crippen molar-refractivity contribution in [1.82, 2.24) is 0 Å². The number of hydrogen-bond acceptors (Lipinski definition) is 4. The summed E-state index contributed by atoms with van der Waals surface area (Å²) in [5.41, 5.74) is 1.92. The van der Waals surface area contributed by atoms with Crippen molar-refractivity contribution in [2.24, 2.45) is 5.41 Å². The van der Waals surface area contributed by atoms with Gasteiger partial charge >= 0.3 is 0 Å². The molecule has 1 heterocycles. The highest BCUT2D eigenvalue weighted by Crippen LogP contribution is 2.56. The minimum Gasteiger partial charge on any atom is -0.363 e. The first kappa shape index (κ1) is 18.7. The second kappa shape index (κ2) is 6.73. The maximum absolute atomic E-state index is 13.8. The van der Waals surface area contributed by atoms with E-state index in [0.29, 0.717) is 6.54 Å². The van der Waals surface area contributed by atoms with Crippen LogP contribution in [-0.2, 0) is 16.8 Å². The van der Waals surface area contributed by atoms with Crippen LogP contribution in [0.5, 0.6) is 0 Å². The normalized spacial score (nSPS) is 25.3. The third kappa shape index (κ3) is 2.81. The van der Waals surface area contributed by atoms with Gasteiger partial charge in [0.1, 0.15) is 0 Å². The molecule has 2 aliphatic rings. The highest BCUT2D eigenvalue weighted by Gasteiger charge is 2.61. The number of nitro groups is 1. The van der Waals surface area contributed by atoms with Gasteiger partial charge in [-0.25, -0.2) is 0 Å². The predicted molar refractivity (Wildman–Crippen MR) is 109 cm³/mol. The van der Waals surface area contributed by atoms with Crippen LogP contribution in [0.1, 0.15) is 44.2 Å². The first-order valence-electron chi connectivity index (χ1n) is 9.93. The van der Waals surface area contributed by atoms with E-state index in [4.69, 9.17) is 0 Å². The fraction of sp³-hybridized carbons (Fsp3) is 0.435. The van der Waals surface area contributed by atoms with E-state index in [1.807, 2.05) is 50.2 Å². The zero-order valence-electron chi connectivity index (χ0n) is 16.4. The molecule has 1 aliphatic carbocycles. The van der Waals surface area contributed by atoms with Gasteiger partial charge in [0.05, 0.1) is 5.41 Å². The molecule has 0 spiro atoms. The second-order valence-electron chi connectivity index (χ2n) is 8.68. The van der Waals surface area contributed by atoms with E-state index >= 15 is 0 Å². The summed E-state index contributed by atoms with van der Waals surface area (Å²) in [6.45, 7) is 4.49. The molecule has 5 nitrogen and oxygen atoms in total. The maximum Gasteiger partial charge on any atom is 0.205 e. The van der Waals surface area contributed by atoms with Crippen LogP contribution < -0.4 is 4.90 Å². The molecule has 2 aromatic rings. The van der Waals surface area contributed by atoms with Crippen LogP contribution in [0.25, 0.3) is 0 Å². The Morgan fingerprint density at radius 1 is 1.11 bits per heavy atom. The molecular formula is C23H26N2O3. The molecule has 28 heavy (non-hydrogen) atoms. The average Bonchev–Trinajstić information content (AvgIpc) is 2.95. The molecule has 5 heteroatoms. The fourth-order valence-electron chi connectivity index (χ4n) is 5.26. The highest BCUT2D eigenvalue weighted by molar-refractivity contribution is 6.00. The van der Waals surface area contributed by atoms with Crippen molar-refractivity contribution < 1.29 is 9.72 Å². The van der Waals surface area contributed by atoms with E-state index in [1.165, 1.54) is 5.56 Å². The molecule has 1 saturated carbocycles. The van der Waals surface area contributed by atoms with Gasteiger partial charge in [-0.1, -0.05) is 62.4 Å². The van der Waals surface area contributed by atoms with Gasteiger partial charge in [-0.2, -0.15) is 0 Å². The number of benzene rings is 2. The molecule has 4 rings (SSSR count). The van der Waals surface area contributed by atoms with Gasteiger partial charge < -0.3 is 4.90 Å². The molecule has 2 aromatic carbocycles. The van der Waals surface area contributed by atoms with Gasteiger partial charge in [0.25, 0.3) is 0 Å². The lowest BCUT2D eigenvalue weighted by Gasteiger charge is -2.47. The summed E-state index contributed by atoms with van der Waals surface area (Å²) in [5, 5.41) is 11.3. The number of ketones is 1. The molecule has 0 N–H and O–H groups in total. The van der Waals surface area contributed by atoms with Gasteiger partial charge in [0.2, 0.25) is 6.54 Å². The quantitative estimate of drug-likeness (QED) is 0.572. The fourth-order valence-corrected chi connectivity index (χ4v) is 5.26. The van der Waals surface area contributed by atoms with E-state index in [1.54, 1.807) is 0 Å². The number of carbonyl (C=O) groups excluding carboxylic acids is 1. The Morgan fingerprint density at radius 2 is 1.79 bits per heavy atom. The molecule has 1 aliphatic heterocycles. The number of anilines is 1. The third-order valence-electron chi connectivity index (χ3n) is 6.59. The molecule has 1 fully saturated rings. The first-order valence-corrected chi connectivity index (χ1v) is 9.93. The Kier molecular flexibility index (Phi) is 4.48. The SMILES string of the molecule is CC1(C)CC[C@H]2N(Cc3ccccc3)c3ccccc3[C@@]2(CC[N+](=O)[O-])C1=O. The monoisotopic (exact) mass is 378 g/mol. The van der Waals surface area contributed by atoms with Crippen LogP contribution in [0.2, 0.25) is 0 Å². The van der Waals surface area contributed by atoms with Crippen LogP contribution in [0.15, 0.2) is 54.6 Å². The van der Waals surface area contributed by atoms with Crippen molar-refractivity contribution in [3.05, 3.63) is 75.8 Å². The molecule has 146 valence electrons. The van der Waals surface area contributed by atoms with Gasteiger partial charge in [-0.05, 0) is 30.0 Å². The lowest BCUT2D eigenvalue weighted by Crippen LogP contribution is -2.58. The summed E-state index contributed by atoms with van der Waals surface area (Å²) in [4.78, 5) is 27.1. The summed E-state index contributed by atoms with van der Waals surface area (Å²) in [6.07, 6.45) is 1.92. The zero-order chi connectivity index (χ0) is 19.9. The first-order chi connectivity index (χ1) is 13.4. The number of Topliss-reactive ketones (excluding diaryl/α,β-unsaturated/α-hetero) is 1. The lowest BCUT2D eigenvalue weighted by atomic mass is 9.57. The van der Waals surface area contributed by atoms with E-state index in [2.05, 4.69) is 23.1 Å². The molecule has 2 atom stereocenters. The van der Waals surface area contributed by atoms with Crippen molar-refractivity contribution in [3.8, 4) is 0 Å². The summed E-state index contributed by atoms with van der Waals surface area (Å²) < 4.78 is 0. The average molecular weight is 378 g/mol. The predicted octanol–water partition coefficient (Wildman–Crippen LogP) is 4.37. The summed E-state index contributed by atoms with van der Waals surface area (Å²) >= 11 is 0. The summed E-state index contributed by atoms with van der Waals surface area (Å²) in [5.74, 6) is 0.154. The van der Waals surface area contributed by atoms with E-state index in [9.17, 15) is 14.9 Å². The topological polar surface area (TPSA) is 63.4 Å². The molecule has 0 aromatic heterocycles. The molecule has 0 amide bonds. The van der Waals surface area contributed by atoms with Crippen molar-refractivity contribution in [2.75, 3.05) is 11.4 Å². The molecule has 0 unspecified atom stereocenters. The molecule has 0 bridgehead atoms. The van der Waals surface area contributed by atoms with Gasteiger partial charge in [0.15, 0.2) is 5.78 Å². The summed E-state index contributed by atoms with van der Waals surface area (Å²) in [6, 6.07) is 18.2. The van der Waals surface area contributed by atoms with Crippen LogP contribution in [-0.4, -0.2) is 23.3 Å². The summed E-state index contributed by atoms with van der Waals surface area (Å²) in [7, 11) is 0. The number of hydrogen-bond donors (Lipinski definition) is 0. The van der Waals surface area contributed by atoms with Crippen molar-refractivity contribution in [2.45, 2.75) is 51.1 Å². The largest absolute Gasteiger partial charge is 0.363 e. The number of rotatable bonds is 5. The standard InChI is InChI=1S/C23H26N2O3/c1-22(2)13-12-20-23(21(22)26,14-15-25(27)28)18-10-6-7-11-19(18)24(20)16-17-8-4-3-5-9-17/h3-11,20H,12-16H2,1-2H3/t20-,23-/m1/s1. The number of fused-ring (bicyclic) bond motifs is 3. The van der Waals surface area contributed by atoms with Gasteiger partial charge in [0, 0.05) is 35.0 Å². The van der Waals surface area contributed by atoms with E-state index < -0.39 is 10.8 Å². The van der Waals surface area contributed by atoms with Crippen LogP contribution >= 0.6 is 0 Å². The van der Waals surface area contributed by atoms with E-state index in [-0.39, 0.29) is 29.7 Å². The Morgan fingerprint density at radius 3 is 2.50 bits per heavy atom. The second-order valence-corrected chi connectivity index (χ2v) is 8.68. The third-order valence-corrected chi connectivity index (χ3v) is 6.59. The Hall–Kier alpha value is -2.69. The Bertz CT molecular complexity index is 909. The van der Waals surface area contributed by atoms with Crippen LogP contribution in [0.4, 0.5) is 5.69 Å². The zero-order valence-corrected chi connectivity index (χ0v) is 16.4. The highest BCUT2D eigenvalue weighted by atomic mass is 16.6. The van der Waals surface area contributed by atoms with Crippen molar-refractivity contribution >= 4 is 11.5 Å². The minimum absolute atomic E-state index is 0.0365. The number of para-hydroxylation sites is 1. The van der Waals surface area contributed by atoms with Crippen LogP contribution in [0.3, 0.4) is 0 Å². The van der Waals surface area contributed by atoms with Crippen molar-refractivity contribution in [1.29, 1.82) is 0 Å². The molecular weight excluding hydrogens is 352 g/mol. The Balaban J connectivity index is 1.84. The molecule has 0 saturated heterocycles. The Labute approximate surface area is 165 Å². The molecule has 0 radical (unpaired) electrons. The maximum atomic E-state index is 13.8. The van der Waals surface area contributed by atoms with Gasteiger partial charge in [-0.15, -0.1) is 0 Å². The number of nitrogens with zero attached hydrogens (tertiary/aromatic N) is 2. The van der Waals surface area contributed by atoms with Crippen LogP contribution in [0, 0.1) is 15.5 Å². The lowest BCUT2D eigenvalue weighted by molar-refractivity contribution is -0.481. The smallest absolute Gasteiger partial charge is 0.205 e. The van der Waals surface area contributed by atoms with E-state index in [0.717, 1.165) is 24.1 Å². The van der Waals surface area contributed by atoms with Crippen molar-refractivity contribution in [3.63, 3.8) is 0 Å². The minimum atomic E-state index is -0.805. The number of carbonyl (C=O) groups is 1. The van der Waals surface area contributed by atoms with Gasteiger partial charge in [-0.3, -0.25) is 14.9 Å².